The number of rotatable bonds is 5. The fraction of sp³-hybridized carbons (Fsp3) is 0.533. The van der Waals surface area contributed by atoms with Crippen molar-refractivity contribution in [2.24, 2.45) is 11.7 Å². The van der Waals surface area contributed by atoms with Crippen molar-refractivity contribution in [1.82, 2.24) is 5.32 Å². The van der Waals surface area contributed by atoms with Gasteiger partial charge in [0.25, 0.3) is 0 Å². The van der Waals surface area contributed by atoms with E-state index in [0.29, 0.717) is 11.8 Å². The van der Waals surface area contributed by atoms with Crippen molar-refractivity contribution in [3.63, 3.8) is 0 Å². The molecule has 1 amide bonds. The molecule has 0 aliphatic heterocycles. The van der Waals surface area contributed by atoms with Crippen LogP contribution in [-0.2, 0) is 4.79 Å². The molecule has 0 saturated heterocycles. The molecular weight excluding hydrogens is 224 g/mol. The second-order valence-electron chi connectivity index (χ2n) is 5.60. The maximum absolute atomic E-state index is 11.9. The summed E-state index contributed by atoms with van der Waals surface area (Å²) in [6, 6.07) is 10.2. The van der Waals surface area contributed by atoms with Crippen molar-refractivity contribution in [2.45, 2.75) is 44.7 Å². The molecule has 3 nitrogen and oxygen atoms in total. The van der Waals surface area contributed by atoms with Crippen molar-refractivity contribution in [3.8, 4) is 0 Å². The minimum atomic E-state index is -0.373. The topological polar surface area (TPSA) is 55.1 Å². The fourth-order valence-electron chi connectivity index (χ4n) is 2.33. The lowest BCUT2D eigenvalue weighted by Gasteiger charge is -2.14. The number of hydrogen-bond acceptors (Lipinski definition) is 2. The molecule has 3 atom stereocenters. The van der Waals surface area contributed by atoms with E-state index in [1.54, 1.807) is 0 Å². The second-order valence-corrected chi connectivity index (χ2v) is 5.60. The molecule has 3 unspecified atom stereocenters. The molecule has 1 saturated carbocycles. The minimum absolute atomic E-state index is 0.00729. The van der Waals surface area contributed by atoms with E-state index in [1.165, 1.54) is 5.56 Å². The third-order valence-electron chi connectivity index (χ3n) is 3.41. The van der Waals surface area contributed by atoms with E-state index >= 15 is 0 Å². The van der Waals surface area contributed by atoms with Gasteiger partial charge in [0.2, 0.25) is 5.91 Å². The van der Waals surface area contributed by atoms with E-state index < -0.39 is 0 Å². The van der Waals surface area contributed by atoms with Crippen LogP contribution >= 0.6 is 0 Å². The molecule has 1 aromatic carbocycles. The Balaban J connectivity index is 1.81. The van der Waals surface area contributed by atoms with E-state index in [4.69, 9.17) is 5.73 Å². The van der Waals surface area contributed by atoms with Gasteiger partial charge in [-0.15, -0.1) is 0 Å². The van der Waals surface area contributed by atoms with Crippen molar-refractivity contribution in [1.29, 1.82) is 0 Å². The molecule has 1 aliphatic carbocycles. The Hall–Kier alpha value is -1.35. The summed E-state index contributed by atoms with van der Waals surface area (Å²) in [6.45, 7) is 4.16. The van der Waals surface area contributed by atoms with E-state index in [9.17, 15) is 4.79 Å². The predicted octanol–water partition coefficient (Wildman–Crippen LogP) is 2.03. The van der Waals surface area contributed by atoms with Crippen molar-refractivity contribution in [3.05, 3.63) is 35.9 Å². The lowest BCUT2D eigenvalue weighted by atomic mass is 10.0. The first-order chi connectivity index (χ1) is 8.58. The molecule has 0 heterocycles. The van der Waals surface area contributed by atoms with E-state index in [-0.39, 0.29) is 18.0 Å². The lowest BCUT2D eigenvalue weighted by Crippen LogP contribution is -2.42. The van der Waals surface area contributed by atoms with E-state index in [0.717, 1.165) is 12.8 Å². The summed E-state index contributed by atoms with van der Waals surface area (Å²) >= 11 is 0. The Morgan fingerprint density at radius 1 is 1.39 bits per heavy atom. The summed E-state index contributed by atoms with van der Waals surface area (Å²) in [5.41, 5.74) is 7.17. The summed E-state index contributed by atoms with van der Waals surface area (Å²) in [5, 5.41) is 3.04. The van der Waals surface area contributed by atoms with Gasteiger partial charge in [0.15, 0.2) is 0 Å². The normalized spacial score (nSPS) is 23.8. The van der Waals surface area contributed by atoms with Gasteiger partial charge >= 0.3 is 0 Å². The van der Waals surface area contributed by atoms with Crippen LogP contribution in [0, 0.1) is 5.92 Å². The average Bonchev–Trinajstić information content (AvgIpc) is 3.08. The molecule has 3 N–H and O–H groups in total. The second kappa shape index (κ2) is 5.53. The predicted molar refractivity (Wildman–Crippen MR) is 73.2 cm³/mol. The monoisotopic (exact) mass is 246 g/mol. The van der Waals surface area contributed by atoms with Crippen LogP contribution in [0.4, 0.5) is 0 Å². The molecule has 3 heteroatoms. The van der Waals surface area contributed by atoms with Gasteiger partial charge in [-0.3, -0.25) is 4.79 Å². The maximum Gasteiger partial charge on any atom is 0.237 e. The van der Waals surface area contributed by atoms with Crippen molar-refractivity contribution in [2.75, 3.05) is 0 Å². The Kier molecular flexibility index (Phi) is 4.02. The molecule has 1 fully saturated rings. The van der Waals surface area contributed by atoms with Crippen LogP contribution in [0.3, 0.4) is 0 Å². The summed E-state index contributed by atoms with van der Waals surface area (Å²) in [4.78, 5) is 11.9. The highest BCUT2D eigenvalue weighted by atomic mass is 16.2. The molecule has 0 radical (unpaired) electrons. The van der Waals surface area contributed by atoms with Gasteiger partial charge in [-0.05, 0) is 24.3 Å². The summed E-state index contributed by atoms with van der Waals surface area (Å²) in [5.74, 6) is 0.920. The van der Waals surface area contributed by atoms with Crippen LogP contribution in [0.2, 0.25) is 0 Å². The highest BCUT2D eigenvalue weighted by molar-refractivity contribution is 5.82. The summed E-state index contributed by atoms with van der Waals surface area (Å²) in [7, 11) is 0. The molecule has 0 spiro atoms. The fourth-order valence-corrected chi connectivity index (χ4v) is 2.33. The highest BCUT2D eigenvalue weighted by Crippen LogP contribution is 2.40. The van der Waals surface area contributed by atoms with Gasteiger partial charge in [-0.25, -0.2) is 0 Å². The summed E-state index contributed by atoms with van der Waals surface area (Å²) in [6.07, 6.45) is 1.78. The zero-order chi connectivity index (χ0) is 13.1. The number of benzene rings is 1. The molecule has 1 aliphatic rings. The SMILES string of the molecule is CC(C)CC(N)C(=O)NC1CC1c1ccccc1. The Morgan fingerprint density at radius 3 is 2.67 bits per heavy atom. The van der Waals surface area contributed by atoms with Gasteiger partial charge in [-0.1, -0.05) is 44.2 Å². The first-order valence-electron chi connectivity index (χ1n) is 6.69. The minimum Gasteiger partial charge on any atom is -0.351 e. The zero-order valence-corrected chi connectivity index (χ0v) is 11.1. The number of carbonyl (C=O) groups is 1. The number of hydrogen-bond donors (Lipinski definition) is 2. The van der Waals surface area contributed by atoms with E-state index in [2.05, 4.69) is 31.3 Å². The van der Waals surface area contributed by atoms with Gasteiger partial charge in [0.05, 0.1) is 6.04 Å². The van der Waals surface area contributed by atoms with Gasteiger partial charge in [0, 0.05) is 12.0 Å². The zero-order valence-electron chi connectivity index (χ0n) is 11.1. The molecule has 18 heavy (non-hydrogen) atoms. The molecule has 0 bridgehead atoms. The molecular formula is C15H22N2O. The lowest BCUT2D eigenvalue weighted by molar-refractivity contribution is -0.122. The largest absolute Gasteiger partial charge is 0.351 e. The third kappa shape index (κ3) is 3.33. The van der Waals surface area contributed by atoms with Crippen molar-refractivity contribution < 1.29 is 4.79 Å². The van der Waals surface area contributed by atoms with Gasteiger partial charge in [0.1, 0.15) is 0 Å². The van der Waals surface area contributed by atoms with Crippen molar-refractivity contribution >= 4 is 5.91 Å². The first-order valence-corrected chi connectivity index (χ1v) is 6.69. The maximum atomic E-state index is 11.9. The average molecular weight is 246 g/mol. The van der Waals surface area contributed by atoms with Gasteiger partial charge < -0.3 is 11.1 Å². The standard InChI is InChI=1S/C15H22N2O/c1-10(2)8-13(16)15(18)17-14-9-12(14)11-6-4-3-5-7-11/h3-7,10,12-14H,8-9,16H2,1-2H3,(H,17,18). The molecule has 0 aromatic heterocycles. The smallest absolute Gasteiger partial charge is 0.237 e. The van der Waals surface area contributed by atoms with Crippen LogP contribution in [0.5, 0.6) is 0 Å². The van der Waals surface area contributed by atoms with E-state index in [1.807, 2.05) is 18.2 Å². The number of nitrogens with one attached hydrogen (secondary N) is 1. The summed E-state index contributed by atoms with van der Waals surface area (Å²) < 4.78 is 0. The van der Waals surface area contributed by atoms with Crippen LogP contribution in [0.1, 0.15) is 38.2 Å². The Bertz CT molecular complexity index is 402. The quantitative estimate of drug-likeness (QED) is 0.835. The highest BCUT2D eigenvalue weighted by Gasteiger charge is 2.39. The molecule has 2 rings (SSSR count). The number of nitrogens with two attached hydrogens (primary N) is 1. The van der Waals surface area contributed by atoms with Crippen LogP contribution < -0.4 is 11.1 Å². The Morgan fingerprint density at radius 2 is 2.06 bits per heavy atom. The third-order valence-corrected chi connectivity index (χ3v) is 3.41. The van der Waals surface area contributed by atoms with Crippen LogP contribution in [0.15, 0.2) is 30.3 Å². The Labute approximate surface area is 109 Å². The molecule has 1 aromatic rings. The first kappa shape index (κ1) is 13.1. The molecule has 98 valence electrons. The van der Waals surface area contributed by atoms with Gasteiger partial charge in [-0.2, -0.15) is 0 Å². The number of amides is 1. The number of carbonyl (C=O) groups excluding carboxylic acids is 1. The van der Waals surface area contributed by atoms with Crippen LogP contribution in [0.25, 0.3) is 0 Å². The van der Waals surface area contributed by atoms with Crippen LogP contribution in [-0.4, -0.2) is 18.0 Å².